The van der Waals surface area contributed by atoms with Crippen molar-refractivity contribution in [1.29, 1.82) is 5.26 Å². The van der Waals surface area contributed by atoms with Crippen molar-refractivity contribution in [3.63, 3.8) is 0 Å². The Balaban J connectivity index is 2.33. The molecule has 2 aromatic rings. The molecule has 1 aromatic heterocycles. The molecular weight excluding hydrogens is 276 g/mol. The van der Waals surface area contributed by atoms with Gasteiger partial charge in [0.1, 0.15) is 11.8 Å². The minimum absolute atomic E-state index is 0.221. The number of aromatic nitrogens is 3. The molecule has 1 aromatic carbocycles. The van der Waals surface area contributed by atoms with E-state index >= 15 is 0 Å². The highest BCUT2D eigenvalue weighted by atomic mass is 16.5. The number of ether oxygens (including phenoxy) is 1. The molecule has 0 spiro atoms. The highest BCUT2D eigenvalue weighted by Crippen LogP contribution is 2.27. The fourth-order valence-electron chi connectivity index (χ4n) is 2.16. The number of nitrogens with zero attached hydrogens (tertiary/aromatic N) is 4. The van der Waals surface area contributed by atoms with Crippen molar-refractivity contribution in [3.05, 3.63) is 35.7 Å². The minimum atomic E-state index is -0.221. The van der Waals surface area contributed by atoms with Gasteiger partial charge in [-0.2, -0.15) is 5.26 Å². The van der Waals surface area contributed by atoms with Gasteiger partial charge in [-0.25, -0.2) is 4.68 Å². The first-order chi connectivity index (χ1) is 10.3. The second-order valence-electron chi connectivity index (χ2n) is 6.76. The van der Waals surface area contributed by atoms with E-state index in [0.29, 0.717) is 18.2 Å². The van der Waals surface area contributed by atoms with Crippen LogP contribution < -0.4 is 4.74 Å². The van der Waals surface area contributed by atoms with Crippen LogP contribution in [0, 0.1) is 17.2 Å². The lowest BCUT2D eigenvalue weighted by molar-refractivity contribution is 0.271. The molecule has 116 valence electrons. The van der Waals surface area contributed by atoms with Crippen LogP contribution in [0.3, 0.4) is 0 Å². The van der Waals surface area contributed by atoms with Crippen LogP contribution in [0.5, 0.6) is 5.75 Å². The molecule has 0 bridgehead atoms. The first-order valence-corrected chi connectivity index (χ1v) is 7.42. The zero-order chi connectivity index (χ0) is 16.3. The van der Waals surface area contributed by atoms with Crippen molar-refractivity contribution in [3.8, 4) is 17.5 Å². The maximum Gasteiger partial charge on any atom is 0.186 e. The third-order valence-corrected chi connectivity index (χ3v) is 3.15. The second-order valence-corrected chi connectivity index (χ2v) is 6.76. The van der Waals surface area contributed by atoms with Crippen LogP contribution in [-0.2, 0) is 5.41 Å². The topological polar surface area (TPSA) is 63.7 Å². The smallest absolute Gasteiger partial charge is 0.186 e. The number of hydrogen-bond donors (Lipinski definition) is 0. The van der Waals surface area contributed by atoms with E-state index in [2.05, 4.69) is 30.2 Å². The zero-order valence-electron chi connectivity index (χ0n) is 13.8. The molecule has 0 aliphatic rings. The molecule has 0 atom stereocenters. The predicted molar refractivity (Wildman–Crippen MR) is 85.1 cm³/mol. The predicted octanol–water partition coefficient (Wildman–Crippen LogP) is 3.47. The van der Waals surface area contributed by atoms with E-state index in [-0.39, 0.29) is 5.41 Å². The van der Waals surface area contributed by atoms with Gasteiger partial charge in [-0.15, -0.1) is 5.10 Å². The molecule has 22 heavy (non-hydrogen) atoms. The molecule has 2 rings (SSSR count). The third kappa shape index (κ3) is 3.45. The number of benzene rings is 1. The summed E-state index contributed by atoms with van der Waals surface area (Å²) in [6.45, 7) is 11.1. The Bertz CT molecular complexity index is 672. The summed E-state index contributed by atoms with van der Waals surface area (Å²) in [5.41, 5.74) is 1.83. The fraction of sp³-hybridized carbons (Fsp3) is 0.471. The standard InChI is InChI=1S/C17H22N4O/c1-12(2)11-22-14-8-6-13(7-9-14)21-16(17(3,4)5)15(10-18)19-20-21/h6-9,12H,11H2,1-5H3. The lowest BCUT2D eigenvalue weighted by atomic mass is 9.90. The van der Waals surface area contributed by atoms with Crippen molar-refractivity contribution in [2.45, 2.75) is 40.0 Å². The minimum Gasteiger partial charge on any atom is -0.493 e. The van der Waals surface area contributed by atoms with Crippen LogP contribution in [0.15, 0.2) is 24.3 Å². The van der Waals surface area contributed by atoms with Crippen molar-refractivity contribution < 1.29 is 4.74 Å². The van der Waals surface area contributed by atoms with E-state index in [1.54, 1.807) is 4.68 Å². The Kier molecular flexibility index (Phi) is 4.51. The van der Waals surface area contributed by atoms with Crippen LogP contribution in [0.1, 0.15) is 46.0 Å². The molecule has 5 heteroatoms. The van der Waals surface area contributed by atoms with Crippen LogP contribution >= 0.6 is 0 Å². The molecular formula is C17H22N4O. The van der Waals surface area contributed by atoms with Gasteiger partial charge in [0, 0.05) is 5.41 Å². The Labute approximate surface area is 131 Å². The lowest BCUT2D eigenvalue weighted by Crippen LogP contribution is -2.19. The van der Waals surface area contributed by atoms with Gasteiger partial charge in [0.15, 0.2) is 5.69 Å². The summed E-state index contributed by atoms with van der Waals surface area (Å²) in [4.78, 5) is 0. The first kappa shape index (κ1) is 16.0. The van der Waals surface area contributed by atoms with Gasteiger partial charge in [0.2, 0.25) is 0 Å². The third-order valence-electron chi connectivity index (χ3n) is 3.15. The van der Waals surface area contributed by atoms with Crippen LogP contribution in [-0.4, -0.2) is 21.6 Å². The molecule has 0 radical (unpaired) electrons. The largest absolute Gasteiger partial charge is 0.493 e. The number of hydrogen-bond acceptors (Lipinski definition) is 4. The van der Waals surface area contributed by atoms with E-state index in [1.165, 1.54) is 0 Å². The molecule has 0 saturated heterocycles. The molecule has 0 amide bonds. The Hall–Kier alpha value is -2.35. The van der Waals surface area contributed by atoms with Crippen molar-refractivity contribution in [2.75, 3.05) is 6.61 Å². The van der Waals surface area contributed by atoms with Crippen LogP contribution in [0.2, 0.25) is 0 Å². The second kappa shape index (κ2) is 6.18. The van der Waals surface area contributed by atoms with E-state index in [1.807, 2.05) is 45.0 Å². The summed E-state index contributed by atoms with van der Waals surface area (Å²) in [6, 6.07) is 9.81. The van der Waals surface area contributed by atoms with Crippen molar-refractivity contribution in [2.24, 2.45) is 5.92 Å². The van der Waals surface area contributed by atoms with E-state index in [9.17, 15) is 5.26 Å². The van der Waals surface area contributed by atoms with Crippen LogP contribution in [0.4, 0.5) is 0 Å². The zero-order valence-corrected chi connectivity index (χ0v) is 13.8. The van der Waals surface area contributed by atoms with Gasteiger partial charge in [0.05, 0.1) is 18.0 Å². The Morgan fingerprint density at radius 1 is 1.23 bits per heavy atom. The Morgan fingerprint density at radius 3 is 2.36 bits per heavy atom. The fourth-order valence-corrected chi connectivity index (χ4v) is 2.16. The van der Waals surface area contributed by atoms with Gasteiger partial charge in [-0.05, 0) is 30.2 Å². The van der Waals surface area contributed by atoms with Gasteiger partial charge < -0.3 is 4.74 Å². The summed E-state index contributed by atoms with van der Waals surface area (Å²) in [6.07, 6.45) is 0. The monoisotopic (exact) mass is 298 g/mol. The maximum atomic E-state index is 9.22. The van der Waals surface area contributed by atoms with Gasteiger partial charge >= 0.3 is 0 Å². The summed E-state index contributed by atoms with van der Waals surface area (Å²) < 4.78 is 7.41. The maximum absolute atomic E-state index is 9.22. The summed E-state index contributed by atoms with van der Waals surface area (Å²) in [5, 5.41) is 17.3. The first-order valence-electron chi connectivity index (χ1n) is 7.42. The molecule has 0 saturated carbocycles. The van der Waals surface area contributed by atoms with Gasteiger partial charge in [-0.1, -0.05) is 39.8 Å². The van der Waals surface area contributed by atoms with E-state index in [0.717, 1.165) is 17.1 Å². The highest BCUT2D eigenvalue weighted by Gasteiger charge is 2.26. The lowest BCUT2D eigenvalue weighted by Gasteiger charge is -2.20. The summed E-state index contributed by atoms with van der Waals surface area (Å²) >= 11 is 0. The van der Waals surface area contributed by atoms with E-state index < -0.39 is 0 Å². The molecule has 0 N–H and O–H groups in total. The highest BCUT2D eigenvalue weighted by molar-refractivity contribution is 5.41. The molecule has 0 unspecified atom stereocenters. The van der Waals surface area contributed by atoms with Crippen molar-refractivity contribution >= 4 is 0 Å². The Morgan fingerprint density at radius 2 is 1.86 bits per heavy atom. The molecule has 0 aliphatic heterocycles. The van der Waals surface area contributed by atoms with Gasteiger partial charge in [0.25, 0.3) is 0 Å². The normalized spacial score (nSPS) is 11.5. The quantitative estimate of drug-likeness (QED) is 0.867. The van der Waals surface area contributed by atoms with Crippen molar-refractivity contribution in [1.82, 2.24) is 15.0 Å². The molecule has 0 aliphatic carbocycles. The van der Waals surface area contributed by atoms with E-state index in [4.69, 9.17) is 4.74 Å². The number of nitriles is 1. The summed E-state index contributed by atoms with van der Waals surface area (Å²) in [7, 11) is 0. The average molecular weight is 298 g/mol. The number of rotatable bonds is 4. The summed E-state index contributed by atoms with van der Waals surface area (Å²) in [5.74, 6) is 1.32. The average Bonchev–Trinajstić information content (AvgIpc) is 2.89. The molecule has 1 heterocycles. The van der Waals surface area contributed by atoms with Gasteiger partial charge in [-0.3, -0.25) is 0 Å². The molecule has 5 nitrogen and oxygen atoms in total. The SMILES string of the molecule is CC(C)COc1ccc(-n2nnc(C#N)c2C(C)(C)C)cc1. The van der Waals surface area contributed by atoms with Crippen LogP contribution in [0.25, 0.3) is 5.69 Å². The molecule has 0 fully saturated rings.